The molecular weight excluding hydrogens is 194 g/mol. The van der Waals surface area contributed by atoms with Gasteiger partial charge in [0, 0.05) is 10.8 Å². The highest BCUT2D eigenvalue weighted by Gasteiger charge is 2.29. The third-order valence-corrected chi connectivity index (χ3v) is 3.93. The van der Waals surface area contributed by atoms with Crippen molar-refractivity contribution in [3.8, 4) is 0 Å². The molecule has 0 radical (unpaired) electrons. The van der Waals surface area contributed by atoms with Crippen molar-refractivity contribution in [2.45, 2.75) is 13.8 Å². The molecule has 0 spiro atoms. The highest BCUT2D eigenvalue weighted by Crippen LogP contribution is 2.24. The van der Waals surface area contributed by atoms with Crippen LogP contribution in [-0.2, 0) is 0 Å². The predicted molar refractivity (Wildman–Crippen MR) is 58.9 cm³/mol. The molecule has 1 fully saturated rings. The van der Waals surface area contributed by atoms with Crippen LogP contribution in [0.15, 0.2) is 12.1 Å². The second-order valence-electron chi connectivity index (χ2n) is 3.98. The first-order valence-electron chi connectivity index (χ1n) is 5.00. The zero-order valence-electron chi connectivity index (χ0n) is 8.54. The summed E-state index contributed by atoms with van der Waals surface area (Å²) in [6.07, 6.45) is 0. The molecule has 76 valence electrons. The number of nitrogens with one attached hydrogen (secondary N) is 1. The molecule has 2 rings (SSSR count). The van der Waals surface area contributed by atoms with Crippen molar-refractivity contribution in [1.82, 2.24) is 5.32 Å². The Balaban J connectivity index is 2.07. The molecule has 1 aromatic heterocycles. The third-order valence-electron chi connectivity index (χ3n) is 2.92. The molecule has 0 saturated carbocycles. The normalized spacial score (nSPS) is 19.0. The summed E-state index contributed by atoms with van der Waals surface area (Å²) in [5.41, 5.74) is 0. The smallest absolute Gasteiger partial charge is 0.175 e. The Morgan fingerprint density at radius 1 is 1.57 bits per heavy atom. The summed E-state index contributed by atoms with van der Waals surface area (Å²) in [4.78, 5) is 14.1. The highest BCUT2D eigenvalue weighted by molar-refractivity contribution is 7.14. The molecule has 14 heavy (non-hydrogen) atoms. The average Bonchev–Trinajstić information content (AvgIpc) is 2.47. The van der Waals surface area contributed by atoms with Gasteiger partial charge in [0.15, 0.2) is 5.78 Å². The topological polar surface area (TPSA) is 29.1 Å². The van der Waals surface area contributed by atoms with Crippen molar-refractivity contribution in [2.75, 3.05) is 13.1 Å². The standard InChI is InChI=1S/C11H15NOS/c1-7-3-4-10(14-7)11(13)8(2)9-5-12-6-9/h3-4,8-9,12H,5-6H2,1-2H3. The molecule has 1 N–H and O–H groups in total. The molecule has 0 bridgehead atoms. The van der Waals surface area contributed by atoms with E-state index in [0.29, 0.717) is 11.7 Å². The van der Waals surface area contributed by atoms with E-state index >= 15 is 0 Å². The maximum absolute atomic E-state index is 12.0. The third kappa shape index (κ3) is 1.74. The molecule has 3 heteroatoms. The fraction of sp³-hybridized carbons (Fsp3) is 0.545. The molecule has 1 unspecified atom stereocenters. The van der Waals surface area contributed by atoms with E-state index in [1.807, 2.05) is 26.0 Å². The Morgan fingerprint density at radius 3 is 2.71 bits per heavy atom. The molecule has 1 aliphatic rings. The van der Waals surface area contributed by atoms with E-state index in [0.717, 1.165) is 18.0 Å². The lowest BCUT2D eigenvalue weighted by Gasteiger charge is -2.31. The minimum atomic E-state index is 0.175. The van der Waals surface area contributed by atoms with Crippen molar-refractivity contribution < 1.29 is 4.79 Å². The number of thiophene rings is 1. The minimum absolute atomic E-state index is 0.175. The van der Waals surface area contributed by atoms with Gasteiger partial charge in [-0.1, -0.05) is 6.92 Å². The quantitative estimate of drug-likeness (QED) is 0.772. The van der Waals surface area contributed by atoms with Crippen LogP contribution >= 0.6 is 11.3 Å². The van der Waals surface area contributed by atoms with Gasteiger partial charge in [-0.3, -0.25) is 4.79 Å². The van der Waals surface area contributed by atoms with Gasteiger partial charge in [0.05, 0.1) is 4.88 Å². The zero-order valence-corrected chi connectivity index (χ0v) is 9.36. The molecule has 1 aromatic rings. The summed E-state index contributed by atoms with van der Waals surface area (Å²) in [6, 6.07) is 3.97. The largest absolute Gasteiger partial charge is 0.316 e. The summed E-state index contributed by atoms with van der Waals surface area (Å²) >= 11 is 1.61. The van der Waals surface area contributed by atoms with Gasteiger partial charge in [-0.25, -0.2) is 0 Å². The van der Waals surface area contributed by atoms with E-state index in [1.54, 1.807) is 11.3 Å². The lowest BCUT2D eigenvalue weighted by Crippen LogP contribution is -2.47. The number of hydrogen-bond acceptors (Lipinski definition) is 3. The van der Waals surface area contributed by atoms with Crippen LogP contribution in [0.3, 0.4) is 0 Å². The SMILES string of the molecule is Cc1ccc(C(=O)C(C)C2CNC2)s1. The first kappa shape index (κ1) is 9.87. The molecule has 2 heterocycles. The fourth-order valence-electron chi connectivity index (χ4n) is 1.67. The van der Waals surface area contributed by atoms with Gasteiger partial charge < -0.3 is 5.32 Å². The van der Waals surface area contributed by atoms with Crippen LogP contribution in [0.5, 0.6) is 0 Å². The van der Waals surface area contributed by atoms with E-state index in [9.17, 15) is 4.79 Å². The maximum atomic E-state index is 12.0. The van der Waals surface area contributed by atoms with E-state index in [2.05, 4.69) is 5.32 Å². The van der Waals surface area contributed by atoms with Gasteiger partial charge in [0.2, 0.25) is 0 Å². The first-order valence-corrected chi connectivity index (χ1v) is 5.81. The van der Waals surface area contributed by atoms with E-state index in [1.165, 1.54) is 4.88 Å². The van der Waals surface area contributed by atoms with Gasteiger partial charge >= 0.3 is 0 Å². The van der Waals surface area contributed by atoms with Crippen molar-refractivity contribution in [3.05, 3.63) is 21.9 Å². The molecule has 0 aliphatic carbocycles. The van der Waals surface area contributed by atoms with Gasteiger partial charge in [-0.05, 0) is 38.1 Å². The molecule has 1 saturated heterocycles. The van der Waals surface area contributed by atoms with Crippen LogP contribution in [0, 0.1) is 18.8 Å². The van der Waals surface area contributed by atoms with E-state index < -0.39 is 0 Å². The summed E-state index contributed by atoms with van der Waals surface area (Å²) in [5.74, 6) is 1.04. The van der Waals surface area contributed by atoms with Crippen LogP contribution in [0.1, 0.15) is 21.5 Å². The number of aryl methyl sites for hydroxylation is 1. The summed E-state index contributed by atoms with van der Waals surface area (Å²) in [5, 5.41) is 3.20. The second kappa shape index (κ2) is 3.83. The van der Waals surface area contributed by atoms with E-state index in [-0.39, 0.29) is 5.92 Å². The number of rotatable bonds is 3. The highest BCUT2D eigenvalue weighted by atomic mass is 32.1. The van der Waals surface area contributed by atoms with Crippen LogP contribution in [0.25, 0.3) is 0 Å². The fourth-order valence-corrected chi connectivity index (χ4v) is 2.58. The number of carbonyl (C=O) groups is 1. The molecule has 1 aliphatic heterocycles. The number of ketones is 1. The molecule has 1 atom stereocenters. The van der Waals surface area contributed by atoms with Gasteiger partial charge in [-0.2, -0.15) is 0 Å². The van der Waals surface area contributed by atoms with Crippen LogP contribution < -0.4 is 5.32 Å². The van der Waals surface area contributed by atoms with E-state index in [4.69, 9.17) is 0 Å². The Kier molecular flexibility index (Phi) is 2.70. The van der Waals surface area contributed by atoms with Gasteiger partial charge in [0.1, 0.15) is 0 Å². The average molecular weight is 209 g/mol. The first-order chi connectivity index (χ1) is 6.68. The van der Waals surface area contributed by atoms with Crippen molar-refractivity contribution in [3.63, 3.8) is 0 Å². The number of Topliss-reactive ketones (excluding diaryl/α,β-unsaturated/α-hetero) is 1. The zero-order chi connectivity index (χ0) is 10.1. The van der Waals surface area contributed by atoms with Gasteiger partial charge in [-0.15, -0.1) is 11.3 Å². The maximum Gasteiger partial charge on any atom is 0.175 e. The van der Waals surface area contributed by atoms with Crippen LogP contribution in [0.2, 0.25) is 0 Å². The van der Waals surface area contributed by atoms with Crippen LogP contribution in [-0.4, -0.2) is 18.9 Å². The monoisotopic (exact) mass is 209 g/mol. The summed E-state index contributed by atoms with van der Waals surface area (Å²) in [6.45, 7) is 6.08. The second-order valence-corrected chi connectivity index (χ2v) is 5.27. The van der Waals surface area contributed by atoms with Crippen molar-refractivity contribution in [1.29, 1.82) is 0 Å². The summed E-state index contributed by atoms with van der Waals surface area (Å²) in [7, 11) is 0. The minimum Gasteiger partial charge on any atom is -0.316 e. The molecule has 0 amide bonds. The Bertz CT molecular complexity index is 341. The summed E-state index contributed by atoms with van der Waals surface area (Å²) < 4.78 is 0. The lowest BCUT2D eigenvalue weighted by atomic mass is 9.85. The molecule has 0 aromatic carbocycles. The molecule has 2 nitrogen and oxygen atoms in total. The van der Waals surface area contributed by atoms with Crippen molar-refractivity contribution >= 4 is 17.1 Å². The Hall–Kier alpha value is -0.670. The molecular formula is C11H15NOS. The van der Waals surface area contributed by atoms with Crippen molar-refractivity contribution in [2.24, 2.45) is 11.8 Å². The Morgan fingerprint density at radius 2 is 2.29 bits per heavy atom. The lowest BCUT2D eigenvalue weighted by molar-refractivity contribution is 0.0858. The predicted octanol–water partition coefficient (Wildman–Crippen LogP) is 2.09. The van der Waals surface area contributed by atoms with Crippen LogP contribution in [0.4, 0.5) is 0 Å². The number of carbonyl (C=O) groups excluding carboxylic acids is 1. The van der Waals surface area contributed by atoms with Gasteiger partial charge in [0.25, 0.3) is 0 Å². The Labute approximate surface area is 88.3 Å². The number of hydrogen-bond donors (Lipinski definition) is 1.